The summed E-state index contributed by atoms with van der Waals surface area (Å²) in [5.41, 5.74) is 3.69. The van der Waals surface area contributed by atoms with Crippen molar-refractivity contribution in [1.29, 1.82) is 5.26 Å². The number of rotatable bonds is 6. The van der Waals surface area contributed by atoms with Crippen molar-refractivity contribution < 1.29 is 9.47 Å². The first-order valence-electron chi connectivity index (χ1n) is 13.5. The molecule has 2 saturated heterocycles. The summed E-state index contributed by atoms with van der Waals surface area (Å²) in [6, 6.07) is 14.5. The molecule has 39 heavy (non-hydrogen) atoms. The fourth-order valence-corrected chi connectivity index (χ4v) is 6.18. The Bertz CT molecular complexity index is 1350. The normalized spacial score (nSPS) is 19.7. The topological polar surface area (TPSA) is 85.7 Å². The molecule has 2 fully saturated rings. The number of hydrogen-bond acceptors (Lipinski definition) is 8. The van der Waals surface area contributed by atoms with E-state index >= 15 is 0 Å². The molecule has 1 unspecified atom stereocenters. The molecule has 4 heterocycles. The number of morpholine rings is 1. The molecule has 0 bridgehead atoms. The molecule has 2 N–H and O–H groups in total. The lowest BCUT2D eigenvalue weighted by Crippen LogP contribution is -2.45. The summed E-state index contributed by atoms with van der Waals surface area (Å²) in [6.07, 6.45) is 0.805. The van der Waals surface area contributed by atoms with Crippen molar-refractivity contribution in [3.05, 3.63) is 63.7 Å². The number of aromatic nitrogens is 1. The number of anilines is 1. The van der Waals surface area contributed by atoms with Crippen molar-refractivity contribution in [1.82, 2.24) is 20.5 Å². The predicted molar refractivity (Wildman–Crippen MR) is 157 cm³/mol. The molecule has 2 aromatic carbocycles. The maximum atomic E-state index is 10.5. The second kappa shape index (κ2) is 12.7. The van der Waals surface area contributed by atoms with Crippen LogP contribution in [0.5, 0.6) is 5.88 Å². The molecule has 0 amide bonds. The Morgan fingerprint density at radius 1 is 1.08 bits per heavy atom. The average molecular weight is 570 g/mol. The zero-order chi connectivity index (χ0) is 25.9. The first-order valence-corrected chi connectivity index (χ1v) is 13.9. The fourth-order valence-electron chi connectivity index (χ4n) is 5.89. The minimum atomic E-state index is -0.191. The summed E-state index contributed by atoms with van der Waals surface area (Å²) in [4.78, 5) is 9.69. The molecule has 3 aliphatic rings. The van der Waals surface area contributed by atoms with Gasteiger partial charge in [-0.15, -0.1) is 12.4 Å². The van der Waals surface area contributed by atoms with Crippen LogP contribution in [0.4, 0.5) is 5.82 Å². The predicted octanol–water partition coefficient (Wildman–Crippen LogP) is 3.54. The molecule has 10 heteroatoms. The number of fused-ring (bicyclic) bond motifs is 2. The maximum Gasteiger partial charge on any atom is 0.234 e. The van der Waals surface area contributed by atoms with Gasteiger partial charge in [-0.25, -0.2) is 0 Å². The third-order valence-electron chi connectivity index (χ3n) is 7.77. The molecule has 6 rings (SSSR count). The molecular weight excluding hydrogens is 535 g/mol. The zero-order valence-corrected chi connectivity index (χ0v) is 23.5. The lowest BCUT2D eigenvalue weighted by Gasteiger charge is -2.36. The molecule has 1 atom stereocenters. The van der Waals surface area contributed by atoms with E-state index < -0.39 is 0 Å². The van der Waals surface area contributed by atoms with E-state index in [1.54, 1.807) is 0 Å². The van der Waals surface area contributed by atoms with Crippen molar-refractivity contribution in [3.8, 4) is 11.9 Å². The number of ether oxygens (including phenoxy) is 2. The van der Waals surface area contributed by atoms with Crippen LogP contribution in [0.1, 0.15) is 28.3 Å². The number of piperazine rings is 1. The van der Waals surface area contributed by atoms with Crippen LogP contribution in [0.15, 0.2) is 36.4 Å². The van der Waals surface area contributed by atoms with Gasteiger partial charge in [0, 0.05) is 73.9 Å². The number of nitriles is 1. The van der Waals surface area contributed by atoms with Crippen LogP contribution in [0.2, 0.25) is 5.02 Å². The Labute approximate surface area is 240 Å². The quantitative estimate of drug-likeness (QED) is 0.467. The highest BCUT2D eigenvalue weighted by Crippen LogP contribution is 2.42. The van der Waals surface area contributed by atoms with Crippen LogP contribution >= 0.6 is 24.0 Å². The monoisotopic (exact) mass is 568 g/mol. The second-order valence-electron chi connectivity index (χ2n) is 9.98. The van der Waals surface area contributed by atoms with Gasteiger partial charge in [-0.3, -0.25) is 4.90 Å². The van der Waals surface area contributed by atoms with Crippen molar-refractivity contribution in [2.24, 2.45) is 0 Å². The van der Waals surface area contributed by atoms with E-state index in [-0.39, 0.29) is 18.4 Å². The van der Waals surface area contributed by atoms with Crippen LogP contribution in [0, 0.1) is 11.3 Å². The van der Waals surface area contributed by atoms with Crippen molar-refractivity contribution in [2.45, 2.75) is 12.5 Å². The third-order valence-corrected chi connectivity index (χ3v) is 8.09. The van der Waals surface area contributed by atoms with Crippen molar-refractivity contribution >= 4 is 40.6 Å². The molecule has 206 valence electrons. The van der Waals surface area contributed by atoms with Crippen LogP contribution in [-0.4, -0.2) is 82.1 Å². The summed E-state index contributed by atoms with van der Waals surface area (Å²) in [5, 5.41) is 20.4. The smallest absolute Gasteiger partial charge is 0.234 e. The van der Waals surface area contributed by atoms with Gasteiger partial charge in [0.25, 0.3) is 0 Å². The van der Waals surface area contributed by atoms with Gasteiger partial charge >= 0.3 is 0 Å². The van der Waals surface area contributed by atoms with Gasteiger partial charge in [0.15, 0.2) is 0 Å². The van der Waals surface area contributed by atoms with Gasteiger partial charge in [0.2, 0.25) is 5.88 Å². The average Bonchev–Trinajstić information content (AvgIpc) is 2.97. The Morgan fingerprint density at radius 2 is 1.85 bits per heavy atom. The van der Waals surface area contributed by atoms with E-state index in [9.17, 15) is 5.26 Å². The molecule has 3 aliphatic heterocycles. The molecule has 3 aromatic rings. The standard InChI is InChI=1S/C29H33ClN6O2.ClH/c30-24-6-2-4-20-3-1-5-21(25(20)24)27-26-22(7-8-33-27)28(36-11-9-32-10-12-36)34-29(23(26)19-31)38-18-15-35-13-16-37-17-14-35;/h1-6,27,32-33H,7-18H2;1H. The molecule has 8 nitrogen and oxygen atoms in total. The largest absolute Gasteiger partial charge is 0.475 e. The SMILES string of the molecule is Cl.N#Cc1c(OCCN2CCOCC2)nc(N2CCNCC2)c2c1C(c1cccc3cccc(Cl)c13)NCC2. The Morgan fingerprint density at radius 3 is 2.62 bits per heavy atom. The number of pyridine rings is 1. The summed E-state index contributed by atoms with van der Waals surface area (Å²) in [6.45, 7) is 8.88. The Balaban J connectivity index is 0.00000308. The minimum Gasteiger partial charge on any atom is -0.475 e. The number of hydrogen-bond donors (Lipinski definition) is 2. The van der Waals surface area contributed by atoms with E-state index in [0.29, 0.717) is 23.1 Å². The van der Waals surface area contributed by atoms with Crippen LogP contribution in [0.3, 0.4) is 0 Å². The third kappa shape index (κ3) is 5.66. The Hall–Kier alpha value is -2.64. The summed E-state index contributed by atoms with van der Waals surface area (Å²) in [7, 11) is 0. The van der Waals surface area contributed by atoms with E-state index in [1.807, 2.05) is 12.1 Å². The summed E-state index contributed by atoms with van der Waals surface area (Å²) < 4.78 is 11.8. The van der Waals surface area contributed by atoms with Gasteiger partial charge in [0.1, 0.15) is 24.1 Å². The zero-order valence-electron chi connectivity index (χ0n) is 21.9. The molecule has 0 aliphatic carbocycles. The second-order valence-corrected chi connectivity index (χ2v) is 10.4. The van der Waals surface area contributed by atoms with Crippen molar-refractivity contribution in [2.75, 3.05) is 77.1 Å². The van der Waals surface area contributed by atoms with Crippen molar-refractivity contribution in [3.63, 3.8) is 0 Å². The fraction of sp³-hybridized carbons (Fsp3) is 0.448. The number of nitrogens with one attached hydrogen (secondary N) is 2. The number of benzene rings is 2. The van der Waals surface area contributed by atoms with Gasteiger partial charge in [-0.1, -0.05) is 41.9 Å². The number of nitrogens with zero attached hydrogens (tertiary/aromatic N) is 4. The van der Waals surface area contributed by atoms with Crippen LogP contribution in [0.25, 0.3) is 10.8 Å². The first kappa shape index (κ1) is 27.9. The highest BCUT2D eigenvalue weighted by molar-refractivity contribution is 6.35. The number of halogens is 2. The molecular formula is C29H34Cl2N6O2. The van der Waals surface area contributed by atoms with E-state index in [2.05, 4.69) is 50.8 Å². The summed E-state index contributed by atoms with van der Waals surface area (Å²) >= 11 is 6.75. The van der Waals surface area contributed by atoms with Crippen LogP contribution in [-0.2, 0) is 11.2 Å². The van der Waals surface area contributed by atoms with Gasteiger partial charge in [-0.05, 0) is 23.4 Å². The van der Waals surface area contributed by atoms with Gasteiger partial charge in [-0.2, -0.15) is 10.2 Å². The molecule has 0 saturated carbocycles. The lowest BCUT2D eigenvalue weighted by atomic mass is 9.85. The summed E-state index contributed by atoms with van der Waals surface area (Å²) in [5.74, 6) is 1.37. The first-order chi connectivity index (χ1) is 18.7. The molecule has 0 spiro atoms. The molecule has 0 radical (unpaired) electrons. The van der Waals surface area contributed by atoms with E-state index in [1.165, 1.54) is 0 Å². The van der Waals surface area contributed by atoms with E-state index in [0.717, 1.165) is 105 Å². The van der Waals surface area contributed by atoms with Crippen LogP contribution < -0.4 is 20.3 Å². The van der Waals surface area contributed by atoms with Gasteiger partial charge in [0.05, 0.1) is 19.3 Å². The van der Waals surface area contributed by atoms with E-state index in [4.69, 9.17) is 26.1 Å². The highest BCUT2D eigenvalue weighted by Gasteiger charge is 2.33. The highest BCUT2D eigenvalue weighted by atomic mass is 35.5. The lowest BCUT2D eigenvalue weighted by molar-refractivity contribution is 0.0320. The minimum absolute atomic E-state index is 0. The molecule has 1 aromatic heterocycles. The maximum absolute atomic E-state index is 10.5. The Kier molecular flexibility index (Phi) is 9.08. The van der Waals surface area contributed by atoms with Gasteiger partial charge < -0.3 is 25.0 Å².